The summed E-state index contributed by atoms with van der Waals surface area (Å²) in [5.74, 6) is 0.685. The van der Waals surface area contributed by atoms with Gasteiger partial charge in [0.25, 0.3) is 0 Å². The average molecular weight is 332 g/mol. The van der Waals surface area contributed by atoms with Crippen LogP contribution in [0, 0.1) is 5.92 Å². The Morgan fingerprint density at radius 2 is 2.00 bits per heavy atom. The number of nitrogens with zero attached hydrogens (tertiary/aromatic N) is 1. The lowest BCUT2D eigenvalue weighted by atomic mass is 9.90. The maximum absolute atomic E-state index is 12.2. The fraction of sp³-hybridized carbons (Fsp3) is 0.933. The Morgan fingerprint density at radius 1 is 1.32 bits per heavy atom. The summed E-state index contributed by atoms with van der Waals surface area (Å²) in [5, 5.41) is 2.90. The summed E-state index contributed by atoms with van der Waals surface area (Å²) in [4.78, 5) is 14.0. The summed E-state index contributed by atoms with van der Waals surface area (Å²) in [6.45, 7) is 4.25. The number of carbonyl (C=O) groups excluding carboxylic acids is 1. The van der Waals surface area contributed by atoms with Crippen molar-refractivity contribution >= 4 is 15.9 Å². The van der Waals surface area contributed by atoms with E-state index in [2.05, 4.69) is 5.32 Å². The van der Waals surface area contributed by atoms with Crippen LogP contribution < -0.4 is 5.32 Å². The van der Waals surface area contributed by atoms with Crippen molar-refractivity contribution in [3.8, 4) is 0 Å². The normalized spacial score (nSPS) is 25.2. The number of sulfone groups is 1. The molecule has 0 bridgehead atoms. The zero-order valence-electron chi connectivity index (χ0n) is 13.6. The predicted molar refractivity (Wildman–Crippen MR) is 85.6 cm³/mol. The Morgan fingerprint density at radius 3 is 2.55 bits per heavy atom. The van der Waals surface area contributed by atoms with E-state index < -0.39 is 9.84 Å². The highest BCUT2D eigenvalue weighted by atomic mass is 32.2. The highest BCUT2D eigenvalue weighted by Gasteiger charge is 2.31. The molecule has 7 heteroatoms. The molecule has 0 saturated carbocycles. The molecule has 0 aromatic heterocycles. The van der Waals surface area contributed by atoms with Gasteiger partial charge in [0.1, 0.15) is 9.84 Å². The number of hydrogen-bond donors (Lipinski definition) is 1. The van der Waals surface area contributed by atoms with Gasteiger partial charge in [-0.1, -0.05) is 0 Å². The van der Waals surface area contributed by atoms with Crippen LogP contribution in [-0.2, 0) is 14.6 Å². The van der Waals surface area contributed by atoms with Crippen molar-refractivity contribution in [2.24, 2.45) is 5.92 Å². The zero-order chi connectivity index (χ0) is 16.2. The highest BCUT2D eigenvalue weighted by Crippen LogP contribution is 2.28. The van der Waals surface area contributed by atoms with E-state index in [1.54, 1.807) is 0 Å². The van der Waals surface area contributed by atoms with Gasteiger partial charge in [-0.05, 0) is 44.9 Å². The van der Waals surface area contributed by atoms with Gasteiger partial charge in [0, 0.05) is 32.0 Å². The Balaban J connectivity index is 1.70. The number of ether oxygens (including phenoxy) is 1. The SMILES string of the molecule is C[C@H](CCS(C)(=O)=O)NC(=O)N1CCC([C@@H]2CCCO2)CC1. The molecule has 128 valence electrons. The molecular formula is C15H28N2O4S. The highest BCUT2D eigenvalue weighted by molar-refractivity contribution is 7.90. The quantitative estimate of drug-likeness (QED) is 0.826. The summed E-state index contributed by atoms with van der Waals surface area (Å²) in [6.07, 6.45) is 6.36. The Labute approximate surface area is 133 Å². The molecule has 2 fully saturated rings. The first-order chi connectivity index (χ1) is 10.3. The van der Waals surface area contributed by atoms with Crippen molar-refractivity contribution < 1.29 is 17.9 Å². The molecule has 0 aliphatic carbocycles. The van der Waals surface area contributed by atoms with E-state index in [-0.39, 0.29) is 17.8 Å². The molecule has 6 nitrogen and oxygen atoms in total. The van der Waals surface area contributed by atoms with Gasteiger partial charge in [-0.25, -0.2) is 13.2 Å². The van der Waals surface area contributed by atoms with Crippen molar-refractivity contribution in [3.63, 3.8) is 0 Å². The largest absolute Gasteiger partial charge is 0.378 e. The van der Waals surface area contributed by atoms with Crippen molar-refractivity contribution in [1.82, 2.24) is 10.2 Å². The van der Waals surface area contributed by atoms with Gasteiger partial charge in [-0.3, -0.25) is 0 Å². The Bertz CT molecular complexity index is 466. The molecule has 2 aliphatic rings. The topological polar surface area (TPSA) is 75.7 Å². The predicted octanol–water partition coefficient (Wildman–Crippen LogP) is 1.41. The van der Waals surface area contributed by atoms with Gasteiger partial charge in [-0.2, -0.15) is 0 Å². The molecule has 0 spiro atoms. The van der Waals surface area contributed by atoms with Crippen molar-refractivity contribution in [3.05, 3.63) is 0 Å². The third kappa shape index (κ3) is 5.43. The number of urea groups is 1. The van der Waals surface area contributed by atoms with Crippen LogP contribution in [0.2, 0.25) is 0 Å². The van der Waals surface area contributed by atoms with Crippen LogP contribution >= 0.6 is 0 Å². The fourth-order valence-electron chi connectivity index (χ4n) is 3.21. The van der Waals surface area contributed by atoms with E-state index in [0.717, 1.165) is 45.4 Å². The van der Waals surface area contributed by atoms with E-state index in [9.17, 15) is 13.2 Å². The monoisotopic (exact) mass is 332 g/mol. The molecule has 2 saturated heterocycles. The number of amides is 2. The minimum Gasteiger partial charge on any atom is -0.378 e. The summed E-state index contributed by atoms with van der Waals surface area (Å²) >= 11 is 0. The molecule has 22 heavy (non-hydrogen) atoms. The van der Waals surface area contributed by atoms with Crippen molar-refractivity contribution in [2.45, 2.75) is 51.2 Å². The van der Waals surface area contributed by atoms with Crippen molar-refractivity contribution in [1.29, 1.82) is 0 Å². The maximum Gasteiger partial charge on any atom is 0.317 e. The Hall–Kier alpha value is -0.820. The molecule has 2 heterocycles. The molecule has 0 radical (unpaired) electrons. The number of nitrogens with one attached hydrogen (secondary N) is 1. The van der Waals surface area contributed by atoms with Gasteiger partial charge in [0.05, 0.1) is 11.9 Å². The van der Waals surface area contributed by atoms with Gasteiger partial charge in [0.2, 0.25) is 0 Å². The van der Waals surface area contributed by atoms with Crippen LogP contribution in [-0.4, -0.2) is 63.2 Å². The Kier molecular flexibility index (Phi) is 6.09. The van der Waals surface area contributed by atoms with E-state index in [1.807, 2.05) is 11.8 Å². The van der Waals surface area contributed by atoms with Gasteiger partial charge in [0.15, 0.2) is 0 Å². The third-order valence-corrected chi connectivity index (χ3v) is 5.59. The summed E-state index contributed by atoms with van der Waals surface area (Å²) in [6, 6.07) is -0.204. The van der Waals surface area contributed by atoms with E-state index >= 15 is 0 Å². The molecule has 2 amide bonds. The lowest BCUT2D eigenvalue weighted by Crippen LogP contribution is -2.48. The minimum absolute atomic E-state index is 0.0770. The summed E-state index contributed by atoms with van der Waals surface area (Å²) in [5.41, 5.74) is 0. The zero-order valence-corrected chi connectivity index (χ0v) is 14.4. The van der Waals surface area contributed by atoms with Gasteiger partial charge >= 0.3 is 6.03 Å². The van der Waals surface area contributed by atoms with Gasteiger partial charge < -0.3 is 15.0 Å². The van der Waals surface area contributed by atoms with Crippen LogP contribution in [0.4, 0.5) is 4.79 Å². The number of carbonyl (C=O) groups is 1. The molecule has 2 rings (SSSR count). The number of piperidine rings is 1. The lowest BCUT2D eigenvalue weighted by Gasteiger charge is -2.35. The first-order valence-corrected chi connectivity index (χ1v) is 10.3. The van der Waals surface area contributed by atoms with Crippen LogP contribution in [0.25, 0.3) is 0 Å². The number of likely N-dealkylation sites (tertiary alicyclic amines) is 1. The molecule has 1 N–H and O–H groups in total. The smallest absolute Gasteiger partial charge is 0.317 e. The minimum atomic E-state index is -2.98. The maximum atomic E-state index is 12.2. The third-order valence-electron chi connectivity index (χ3n) is 4.61. The van der Waals surface area contributed by atoms with Gasteiger partial charge in [-0.15, -0.1) is 0 Å². The lowest BCUT2D eigenvalue weighted by molar-refractivity contribution is 0.0371. The summed E-state index contributed by atoms with van der Waals surface area (Å²) in [7, 11) is -2.98. The number of rotatable bonds is 5. The molecule has 0 unspecified atom stereocenters. The van der Waals surface area contributed by atoms with Crippen molar-refractivity contribution in [2.75, 3.05) is 31.7 Å². The van der Waals surface area contributed by atoms with E-state index in [1.165, 1.54) is 6.26 Å². The van der Waals surface area contributed by atoms with E-state index in [0.29, 0.717) is 18.4 Å². The fourth-order valence-corrected chi connectivity index (χ4v) is 4.00. The first kappa shape index (κ1) is 17.5. The standard InChI is InChI=1S/C15H28N2O4S/c1-12(7-11-22(2,19)20)16-15(18)17-8-5-13(6-9-17)14-4-3-10-21-14/h12-14H,3-11H2,1-2H3,(H,16,18)/t12-,14+/m1/s1. The van der Waals surface area contributed by atoms with Crippen LogP contribution in [0.15, 0.2) is 0 Å². The molecule has 2 aliphatic heterocycles. The van der Waals surface area contributed by atoms with Crippen LogP contribution in [0.3, 0.4) is 0 Å². The second kappa shape index (κ2) is 7.64. The molecule has 0 aromatic rings. The molecular weight excluding hydrogens is 304 g/mol. The summed E-state index contributed by atoms with van der Waals surface area (Å²) < 4.78 is 28.0. The first-order valence-electron chi connectivity index (χ1n) is 8.20. The second-order valence-electron chi connectivity index (χ2n) is 6.65. The van der Waals surface area contributed by atoms with Crippen LogP contribution in [0.1, 0.15) is 39.0 Å². The molecule has 2 atom stereocenters. The average Bonchev–Trinajstić information content (AvgIpc) is 2.99. The number of hydrogen-bond acceptors (Lipinski definition) is 4. The molecule has 0 aromatic carbocycles. The second-order valence-corrected chi connectivity index (χ2v) is 8.90. The van der Waals surface area contributed by atoms with E-state index in [4.69, 9.17) is 4.74 Å². The van der Waals surface area contributed by atoms with Crippen LogP contribution in [0.5, 0.6) is 0 Å².